The Morgan fingerprint density at radius 2 is 0.942 bits per heavy atom. The van der Waals surface area contributed by atoms with Crippen LogP contribution in [0.4, 0.5) is 0 Å². The first-order chi connectivity index (χ1) is 33.6. The van der Waals surface area contributed by atoms with Crippen LogP contribution in [0.5, 0.6) is 0 Å². The van der Waals surface area contributed by atoms with Crippen LogP contribution in [-0.2, 0) is 33.2 Å². The summed E-state index contributed by atoms with van der Waals surface area (Å²) in [6, 6.07) is 0. The fourth-order valence-corrected chi connectivity index (χ4v) is 7.66. The summed E-state index contributed by atoms with van der Waals surface area (Å²) in [6.07, 6.45) is 36.7. The van der Waals surface area contributed by atoms with Crippen LogP contribution in [0.25, 0.3) is 0 Å². The second-order valence-electron chi connectivity index (χ2n) is 18.0. The van der Waals surface area contributed by atoms with Crippen molar-refractivity contribution in [1.29, 1.82) is 0 Å². The van der Waals surface area contributed by atoms with Gasteiger partial charge in [0.15, 0.2) is 12.6 Å². The number of rotatable bonds is 40. The number of carbonyl (C=O) groups excluding carboxylic acids is 1. The molecule has 2 aliphatic heterocycles. The number of esters is 1. The smallest absolute Gasteiger partial charge is 0.306 e. The molecule has 7 N–H and O–H groups in total. The highest BCUT2D eigenvalue weighted by atomic mass is 16.7. The Hall–Kier alpha value is -2.83. The first-order valence-electron chi connectivity index (χ1n) is 26.2. The molecule has 11 atom stereocenters. The van der Waals surface area contributed by atoms with E-state index in [0.29, 0.717) is 13.0 Å². The average Bonchev–Trinajstić information content (AvgIpc) is 3.35. The predicted molar refractivity (Wildman–Crippen MR) is 270 cm³/mol. The van der Waals surface area contributed by atoms with Crippen LogP contribution in [0.2, 0.25) is 0 Å². The Morgan fingerprint density at radius 3 is 1.48 bits per heavy atom. The zero-order valence-corrected chi connectivity index (χ0v) is 42.0. The molecule has 2 heterocycles. The lowest BCUT2D eigenvalue weighted by atomic mass is 9.98. The van der Waals surface area contributed by atoms with Crippen molar-refractivity contribution >= 4 is 5.97 Å². The van der Waals surface area contributed by atoms with E-state index < -0.39 is 86.7 Å². The Bertz CT molecular complexity index is 1460. The number of aliphatic hydroxyl groups is 7. The van der Waals surface area contributed by atoms with Gasteiger partial charge in [-0.05, 0) is 77.0 Å². The minimum atomic E-state index is -1.72. The van der Waals surface area contributed by atoms with E-state index >= 15 is 0 Å². The minimum Gasteiger partial charge on any atom is -0.457 e. The van der Waals surface area contributed by atoms with E-state index in [0.717, 1.165) is 70.6 Å². The monoisotopic (exact) mass is 977 g/mol. The molecule has 14 nitrogen and oxygen atoms in total. The maximum Gasteiger partial charge on any atom is 0.306 e. The van der Waals surface area contributed by atoms with E-state index in [2.05, 4.69) is 86.8 Å². The molecular weight excluding hydrogens is 885 g/mol. The molecule has 14 heteroatoms. The third-order valence-corrected chi connectivity index (χ3v) is 11.9. The van der Waals surface area contributed by atoms with Gasteiger partial charge in [-0.25, -0.2) is 0 Å². The summed E-state index contributed by atoms with van der Waals surface area (Å²) >= 11 is 0. The number of aliphatic hydroxyl groups excluding tert-OH is 7. The molecule has 0 aromatic rings. The molecule has 2 fully saturated rings. The summed E-state index contributed by atoms with van der Waals surface area (Å²) in [5.74, 6) is -0.463. The molecule has 396 valence electrons. The van der Waals surface area contributed by atoms with E-state index in [4.69, 9.17) is 28.4 Å². The molecule has 69 heavy (non-hydrogen) atoms. The standard InChI is InChI=1S/C55H92O14/c1-3-5-7-9-11-13-15-17-18-19-20-21-22-23-24-25-27-29-31-33-35-37-39-64-41-44(67-47(57)38-36-34-32-30-28-26-16-14-12-10-8-6-4-2)42-65-54-53(63)51(61)49(59)46(69-54)43-66-55-52(62)50(60)48(58)45(40-56)68-55/h6,8,12,14-15,17,19-20,22-23,26,28,32,34,44-46,48-56,58-63H,3-5,7,9-11,13,16,18,21,24-25,27,29-31,33,35-43H2,1-2H3/b8-6-,14-12-,17-15-,20-19-,23-22-,28-26-,34-32-. The highest BCUT2D eigenvalue weighted by Gasteiger charge is 2.47. The fraction of sp³-hybridized carbons (Fsp3) is 0.727. The van der Waals surface area contributed by atoms with Crippen LogP contribution >= 0.6 is 0 Å². The van der Waals surface area contributed by atoms with Crippen molar-refractivity contribution in [2.24, 2.45) is 0 Å². The minimum absolute atomic E-state index is 0.0208. The lowest BCUT2D eigenvalue weighted by Gasteiger charge is -2.42. The zero-order valence-electron chi connectivity index (χ0n) is 42.0. The lowest BCUT2D eigenvalue weighted by molar-refractivity contribution is -0.332. The quantitative estimate of drug-likeness (QED) is 0.0176. The van der Waals surface area contributed by atoms with Gasteiger partial charge in [0.2, 0.25) is 0 Å². The summed E-state index contributed by atoms with van der Waals surface area (Å²) in [7, 11) is 0. The van der Waals surface area contributed by atoms with Crippen molar-refractivity contribution < 1.29 is 69.0 Å². The number of unbranched alkanes of at least 4 members (excludes halogenated alkanes) is 12. The van der Waals surface area contributed by atoms with Gasteiger partial charge in [-0.1, -0.05) is 157 Å². The van der Waals surface area contributed by atoms with Gasteiger partial charge in [-0.15, -0.1) is 0 Å². The van der Waals surface area contributed by atoms with Gasteiger partial charge in [0.1, 0.15) is 54.9 Å². The Labute approximate surface area is 414 Å². The van der Waals surface area contributed by atoms with Crippen LogP contribution in [0, 0.1) is 0 Å². The summed E-state index contributed by atoms with van der Waals surface area (Å²) in [5.41, 5.74) is 0. The first kappa shape index (κ1) is 62.3. The van der Waals surface area contributed by atoms with Crippen molar-refractivity contribution in [2.45, 2.75) is 223 Å². The van der Waals surface area contributed by atoms with Gasteiger partial charge in [-0.2, -0.15) is 0 Å². The molecular formula is C55H92O14. The molecule has 2 saturated heterocycles. The van der Waals surface area contributed by atoms with Crippen LogP contribution in [0.1, 0.15) is 155 Å². The first-order valence-corrected chi connectivity index (χ1v) is 26.2. The SMILES string of the molecule is CC/C=C\C/C=C\C/C=C\C/C=C\CCC(=O)OC(COCCCCCCCCC/C=C\C/C=C\C/C=C\CCCCCCC)COC1OC(COC2OC(CO)C(O)C(O)C2O)C(O)C(O)C1O. The van der Waals surface area contributed by atoms with E-state index in [1.54, 1.807) is 0 Å². The number of carbonyl (C=O) groups is 1. The van der Waals surface area contributed by atoms with E-state index in [-0.39, 0.29) is 19.6 Å². The Balaban J connectivity index is 1.77. The van der Waals surface area contributed by atoms with Crippen molar-refractivity contribution in [2.75, 3.05) is 33.0 Å². The topological polar surface area (TPSA) is 214 Å². The van der Waals surface area contributed by atoms with E-state index in [9.17, 15) is 40.5 Å². The molecule has 0 bridgehead atoms. The predicted octanol–water partition coefficient (Wildman–Crippen LogP) is 8.07. The van der Waals surface area contributed by atoms with Gasteiger partial charge in [0.05, 0.1) is 26.4 Å². The maximum atomic E-state index is 13.0. The van der Waals surface area contributed by atoms with Crippen molar-refractivity contribution in [3.63, 3.8) is 0 Å². The second-order valence-corrected chi connectivity index (χ2v) is 18.0. The number of ether oxygens (including phenoxy) is 6. The molecule has 0 spiro atoms. The fourth-order valence-electron chi connectivity index (χ4n) is 7.66. The largest absolute Gasteiger partial charge is 0.457 e. The third kappa shape index (κ3) is 29.3. The van der Waals surface area contributed by atoms with Crippen LogP contribution < -0.4 is 0 Å². The average molecular weight is 977 g/mol. The summed E-state index contributed by atoms with van der Waals surface area (Å²) < 4.78 is 34.2. The van der Waals surface area contributed by atoms with Gasteiger partial charge in [0, 0.05) is 13.0 Å². The number of allylic oxidation sites excluding steroid dienone is 14. The molecule has 2 aliphatic rings. The summed E-state index contributed by atoms with van der Waals surface area (Å²) in [5, 5.41) is 72.1. The Kier molecular flexibility index (Phi) is 37.7. The van der Waals surface area contributed by atoms with Gasteiger partial charge < -0.3 is 64.2 Å². The highest BCUT2D eigenvalue weighted by Crippen LogP contribution is 2.26. The number of hydrogen-bond donors (Lipinski definition) is 7. The van der Waals surface area contributed by atoms with E-state index in [1.165, 1.54) is 57.8 Å². The van der Waals surface area contributed by atoms with E-state index in [1.807, 2.05) is 12.2 Å². The zero-order chi connectivity index (χ0) is 50.2. The summed E-state index contributed by atoms with van der Waals surface area (Å²) in [6.45, 7) is 3.41. The normalized spacial score (nSPS) is 26.4. The maximum absolute atomic E-state index is 13.0. The van der Waals surface area contributed by atoms with Crippen molar-refractivity contribution in [1.82, 2.24) is 0 Å². The van der Waals surface area contributed by atoms with Gasteiger partial charge in [-0.3, -0.25) is 4.79 Å². The second kappa shape index (κ2) is 41.8. The lowest BCUT2D eigenvalue weighted by Crippen LogP contribution is -2.61. The van der Waals surface area contributed by atoms with Crippen molar-refractivity contribution in [3.8, 4) is 0 Å². The molecule has 0 saturated carbocycles. The van der Waals surface area contributed by atoms with Gasteiger partial charge in [0.25, 0.3) is 0 Å². The van der Waals surface area contributed by atoms with Crippen molar-refractivity contribution in [3.05, 3.63) is 85.1 Å². The summed E-state index contributed by atoms with van der Waals surface area (Å²) in [4.78, 5) is 13.0. The molecule has 0 radical (unpaired) electrons. The molecule has 0 amide bonds. The molecule has 0 aromatic carbocycles. The molecule has 2 rings (SSSR count). The van der Waals surface area contributed by atoms with Crippen LogP contribution in [-0.4, -0.2) is 142 Å². The molecule has 0 aliphatic carbocycles. The number of hydrogen-bond acceptors (Lipinski definition) is 14. The molecule has 11 unspecified atom stereocenters. The third-order valence-electron chi connectivity index (χ3n) is 11.9. The Morgan fingerprint density at radius 1 is 0.493 bits per heavy atom. The van der Waals surface area contributed by atoms with Crippen LogP contribution in [0.15, 0.2) is 85.1 Å². The van der Waals surface area contributed by atoms with Crippen LogP contribution in [0.3, 0.4) is 0 Å². The molecule has 0 aromatic heterocycles. The van der Waals surface area contributed by atoms with Gasteiger partial charge >= 0.3 is 5.97 Å². The highest BCUT2D eigenvalue weighted by molar-refractivity contribution is 5.69.